The third-order valence-corrected chi connectivity index (χ3v) is 4.67. The summed E-state index contributed by atoms with van der Waals surface area (Å²) in [4.78, 5) is 15.1. The molecule has 0 unspecified atom stereocenters. The van der Waals surface area contributed by atoms with Crippen LogP contribution in [0.15, 0.2) is 12.7 Å². The monoisotopic (exact) mass is 292 g/mol. The van der Waals surface area contributed by atoms with Crippen molar-refractivity contribution in [3.05, 3.63) is 12.7 Å². The Kier molecular flexibility index (Phi) is 4.37. The van der Waals surface area contributed by atoms with Gasteiger partial charge in [-0.3, -0.25) is 0 Å². The van der Waals surface area contributed by atoms with E-state index in [9.17, 15) is 0 Å². The van der Waals surface area contributed by atoms with Gasteiger partial charge < -0.3 is 15.2 Å². The number of thioether (sulfide) groups is 1. The zero-order chi connectivity index (χ0) is 13.8. The minimum atomic E-state index is 0.457. The molecule has 0 bridgehead atoms. The molecule has 0 atom stereocenters. The third-order valence-electron chi connectivity index (χ3n) is 3.62. The molecule has 2 aromatic heterocycles. The van der Waals surface area contributed by atoms with Crippen LogP contribution in [0.25, 0.3) is 11.2 Å². The number of aryl methyl sites for hydroxylation is 1. The van der Waals surface area contributed by atoms with Gasteiger partial charge in [0, 0.05) is 18.8 Å². The summed E-state index contributed by atoms with van der Waals surface area (Å²) in [7, 11) is 0. The number of rotatable bonds is 4. The molecule has 6 nitrogen and oxygen atoms in total. The summed E-state index contributed by atoms with van der Waals surface area (Å²) < 4.78 is 2.07. The summed E-state index contributed by atoms with van der Waals surface area (Å²) in [6.45, 7) is 4.51. The number of anilines is 1. The molecule has 7 heteroatoms. The molecule has 0 radical (unpaired) electrons. The van der Waals surface area contributed by atoms with E-state index >= 15 is 0 Å². The van der Waals surface area contributed by atoms with E-state index in [4.69, 9.17) is 5.73 Å². The predicted octanol–water partition coefficient (Wildman–Crippen LogP) is 1.24. The van der Waals surface area contributed by atoms with E-state index in [2.05, 4.69) is 36.2 Å². The summed E-state index contributed by atoms with van der Waals surface area (Å²) in [5, 5.41) is 0. The van der Waals surface area contributed by atoms with E-state index in [1.54, 1.807) is 0 Å². The molecule has 1 aliphatic heterocycles. The third kappa shape index (κ3) is 3.04. The summed E-state index contributed by atoms with van der Waals surface area (Å²) in [6, 6.07) is 0. The fraction of sp³-hybridized carbons (Fsp3) is 0.615. The molecule has 0 saturated carbocycles. The number of nitrogen functional groups attached to an aromatic ring is 1. The highest BCUT2D eigenvalue weighted by atomic mass is 32.2. The Morgan fingerprint density at radius 2 is 2.10 bits per heavy atom. The van der Waals surface area contributed by atoms with Gasteiger partial charge in [-0.1, -0.05) is 0 Å². The highest BCUT2D eigenvalue weighted by Crippen LogP contribution is 2.15. The standard InChI is InChI=1S/C13H20N6S/c14-12-11-13(16-9-15-12)19(10-17-11)5-1-3-18-4-2-7-20-8-6-18/h9-10H,1-8H2,(H2,14,15,16). The molecule has 0 spiro atoms. The fourth-order valence-corrected chi connectivity index (χ4v) is 3.47. The SMILES string of the molecule is Nc1ncnc2c1ncn2CCCN1CCCSCC1. The lowest BCUT2D eigenvalue weighted by molar-refractivity contribution is 0.286. The molecule has 2 N–H and O–H groups in total. The Morgan fingerprint density at radius 1 is 1.15 bits per heavy atom. The molecule has 20 heavy (non-hydrogen) atoms. The first-order valence-electron chi connectivity index (χ1n) is 7.06. The van der Waals surface area contributed by atoms with Crippen molar-refractivity contribution in [2.24, 2.45) is 0 Å². The summed E-state index contributed by atoms with van der Waals surface area (Å²) >= 11 is 2.07. The average molecular weight is 292 g/mol. The number of nitrogens with zero attached hydrogens (tertiary/aromatic N) is 5. The lowest BCUT2D eigenvalue weighted by Crippen LogP contribution is -2.27. The van der Waals surface area contributed by atoms with Gasteiger partial charge in [0.2, 0.25) is 0 Å². The second kappa shape index (κ2) is 6.41. The Labute approximate surface area is 122 Å². The number of hydrogen-bond donors (Lipinski definition) is 1. The zero-order valence-corrected chi connectivity index (χ0v) is 12.3. The molecule has 2 aromatic rings. The van der Waals surface area contributed by atoms with Crippen molar-refractivity contribution in [1.29, 1.82) is 0 Å². The first-order valence-corrected chi connectivity index (χ1v) is 8.21. The number of nitrogens with two attached hydrogens (primary N) is 1. The van der Waals surface area contributed by atoms with Crippen LogP contribution < -0.4 is 5.73 Å². The van der Waals surface area contributed by atoms with Crippen LogP contribution in [0.3, 0.4) is 0 Å². The maximum atomic E-state index is 5.79. The van der Waals surface area contributed by atoms with E-state index < -0.39 is 0 Å². The molecule has 3 rings (SSSR count). The lowest BCUT2D eigenvalue weighted by Gasteiger charge is -2.19. The van der Waals surface area contributed by atoms with Crippen LogP contribution in [0, 0.1) is 0 Å². The molecular formula is C13H20N6S. The van der Waals surface area contributed by atoms with Crippen LogP contribution in [0.2, 0.25) is 0 Å². The summed E-state index contributed by atoms with van der Waals surface area (Å²) in [5.74, 6) is 3.02. The van der Waals surface area contributed by atoms with Crippen LogP contribution in [0.5, 0.6) is 0 Å². The smallest absolute Gasteiger partial charge is 0.165 e. The molecule has 3 heterocycles. The first kappa shape index (κ1) is 13.6. The van der Waals surface area contributed by atoms with Gasteiger partial charge in [0.25, 0.3) is 0 Å². The van der Waals surface area contributed by atoms with Gasteiger partial charge >= 0.3 is 0 Å². The first-order chi connectivity index (χ1) is 9.84. The minimum absolute atomic E-state index is 0.457. The second-order valence-corrected chi connectivity index (χ2v) is 6.25. The Bertz CT molecular complexity index is 561. The van der Waals surface area contributed by atoms with Crippen molar-refractivity contribution in [1.82, 2.24) is 24.4 Å². The minimum Gasteiger partial charge on any atom is -0.382 e. The maximum Gasteiger partial charge on any atom is 0.165 e. The van der Waals surface area contributed by atoms with E-state index in [1.807, 2.05) is 6.33 Å². The average Bonchev–Trinajstić information content (AvgIpc) is 2.70. The van der Waals surface area contributed by atoms with Crippen molar-refractivity contribution in [2.75, 3.05) is 36.9 Å². The quantitative estimate of drug-likeness (QED) is 0.914. The molecule has 0 amide bonds. The topological polar surface area (TPSA) is 72.9 Å². The molecule has 1 fully saturated rings. The van der Waals surface area contributed by atoms with Gasteiger partial charge in [0.1, 0.15) is 11.8 Å². The van der Waals surface area contributed by atoms with Gasteiger partial charge in [0.15, 0.2) is 11.5 Å². The van der Waals surface area contributed by atoms with Crippen LogP contribution in [0.4, 0.5) is 5.82 Å². The van der Waals surface area contributed by atoms with E-state index in [1.165, 1.54) is 37.3 Å². The Morgan fingerprint density at radius 3 is 3.05 bits per heavy atom. The van der Waals surface area contributed by atoms with Crippen LogP contribution in [0.1, 0.15) is 12.8 Å². The number of aromatic nitrogens is 4. The van der Waals surface area contributed by atoms with E-state index in [-0.39, 0.29) is 0 Å². The predicted molar refractivity (Wildman–Crippen MR) is 82.7 cm³/mol. The summed E-state index contributed by atoms with van der Waals surface area (Å²) in [5.41, 5.74) is 7.34. The molecular weight excluding hydrogens is 272 g/mol. The van der Waals surface area contributed by atoms with Crippen molar-refractivity contribution in [2.45, 2.75) is 19.4 Å². The van der Waals surface area contributed by atoms with Gasteiger partial charge in [-0.2, -0.15) is 11.8 Å². The van der Waals surface area contributed by atoms with Crippen LogP contribution in [-0.2, 0) is 6.54 Å². The lowest BCUT2D eigenvalue weighted by atomic mass is 10.3. The number of fused-ring (bicyclic) bond motifs is 1. The van der Waals surface area contributed by atoms with Crippen molar-refractivity contribution in [3.8, 4) is 0 Å². The normalized spacial score (nSPS) is 17.4. The highest BCUT2D eigenvalue weighted by molar-refractivity contribution is 7.99. The van der Waals surface area contributed by atoms with E-state index in [0.29, 0.717) is 11.3 Å². The number of hydrogen-bond acceptors (Lipinski definition) is 6. The fourth-order valence-electron chi connectivity index (χ4n) is 2.55. The van der Waals surface area contributed by atoms with Crippen LogP contribution >= 0.6 is 11.8 Å². The molecule has 0 aromatic carbocycles. The van der Waals surface area contributed by atoms with Gasteiger partial charge in [-0.05, 0) is 31.7 Å². The molecule has 1 saturated heterocycles. The van der Waals surface area contributed by atoms with Crippen molar-refractivity contribution in [3.63, 3.8) is 0 Å². The van der Waals surface area contributed by atoms with E-state index in [0.717, 1.165) is 25.2 Å². The summed E-state index contributed by atoms with van der Waals surface area (Å²) in [6.07, 6.45) is 5.73. The Hall–Kier alpha value is -1.34. The van der Waals surface area contributed by atoms with Crippen molar-refractivity contribution < 1.29 is 0 Å². The number of imidazole rings is 1. The van der Waals surface area contributed by atoms with Crippen LogP contribution in [-0.4, -0.2) is 55.6 Å². The van der Waals surface area contributed by atoms with Gasteiger partial charge in [0.05, 0.1) is 6.33 Å². The largest absolute Gasteiger partial charge is 0.382 e. The van der Waals surface area contributed by atoms with Gasteiger partial charge in [-0.25, -0.2) is 15.0 Å². The molecule has 0 aliphatic carbocycles. The highest BCUT2D eigenvalue weighted by Gasteiger charge is 2.10. The zero-order valence-electron chi connectivity index (χ0n) is 11.5. The van der Waals surface area contributed by atoms with Crippen molar-refractivity contribution >= 4 is 28.7 Å². The second-order valence-electron chi connectivity index (χ2n) is 5.03. The maximum absolute atomic E-state index is 5.79. The molecule has 108 valence electrons. The molecule has 1 aliphatic rings. The van der Waals surface area contributed by atoms with Gasteiger partial charge in [-0.15, -0.1) is 0 Å². The Balaban J connectivity index is 1.58.